The Bertz CT molecular complexity index is 1140. The summed E-state index contributed by atoms with van der Waals surface area (Å²) in [5, 5.41) is 4.68. The lowest BCUT2D eigenvalue weighted by molar-refractivity contribution is -0.122. The monoisotopic (exact) mass is 661 g/mol. The van der Waals surface area contributed by atoms with Crippen molar-refractivity contribution in [3.05, 3.63) is 0 Å². The van der Waals surface area contributed by atoms with Crippen LogP contribution >= 0.6 is 0 Å². The number of likely N-dealkylation sites (N-methyl/N-ethyl adjacent to an activating group) is 2. The summed E-state index contributed by atoms with van der Waals surface area (Å²) in [6.07, 6.45) is 10.9. The number of hydrogen-bond acceptors (Lipinski definition) is 6. The van der Waals surface area contributed by atoms with E-state index in [9.17, 15) is 9.59 Å². The third kappa shape index (κ3) is 7.66. The van der Waals surface area contributed by atoms with Crippen LogP contribution in [0.25, 0.3) is 0 Å². The number of oxime groups is 1. The smallest absolute Gasteiger partial charge is 0.435 e. The minimum atomic E-state index is -1.76. The van der Waals surface area contributed by atoms with Gasteiger partial charge in [-0.15, -0.1) is 0 Å². The Hall–Kier alpha value is -1.61. The van der Waals surface area contributed by atoms with E-state index in [0.717, 1.165) is 29.9 Å². The Balaban J connectivity index is 1.33. The summed E-state index contributed by atoms with van der Waals surface area (Å²) in [7, 11) is 1.59. The molecule has 0 heterocycles. The van der Waals surface area contributed by atoms with E-state index in [4.69, 9.17) is 14.0 Å². The summed E-state index contributed by atoms with van der Waals surface area (Å²) in [6.45, 7) is 25.3. The molecule has 0 spiro atoms. The third-order valence-corrected chi connectivity index (χ3v) is 18.0. The van der Waals surface area contributed by atoms with Crippen LogP contribution in [-0.2, 0) is 14.0 Å². The predicted molar refractivity (Wildman–Crippen MR) is 188 cm³/mol. The van der Waals surface area contributed by atoms with Crippen molar-refractivity contribution in [1.29, 1.82) is 0 Å². The zero-order valence-corrected chi connectivity index (χ0v) is 32.6. The fourth-order valence-corrected chi connectivity index (χ4v) is 11.1. The van der Waals surface area contributed by atoms with Gasteiger partial charge in [0, 0.05) is 39.2 Å². The third-order valence-electron chi connectivity index (χ3n) is 13.4. The largest absolute Gasteiger partial charge is 0.444 e. The van der Waals surface area contributed by atoms with Crippen molar-refractivity contribution >= 4 is 26.2 Å². The standard InChI is InChI=1S/C37H67N3O5Si/c1-25(38-44-33(42)40(11)23-22-39(10)32(41)43-34(2,3)4)29-16-17-30-28-15-14-26-24-27(45-46(12,13)35(5,6)7)18-20-36(26,8)31(28)19-21-37(29,30)9/h26-31H,14-24H2,1-13H3/b38-25+/t26?,27-,28+,29-,30+,31+,36+,37-/m1/s1. The van der Waals surface area contributed by atoms with Crippen LogP contribution < -0.4 is 0 Å². The Morgan fingerprint density at radius 3 is 2.02 bits per heavy atom. The zero-order valence-electron chi connectivity index (χ0n) is 31.6. The van der Waals surface area contributed by atoms with Crippen molar-refractivity contribution in [2.75, 3.05) is 27.2 Å². The summed E-state index contributed by atoms with van der Waals surface area (Å²) >= 11 is 0. The van der Waals surface area contributed by atoms with Gasteiger partial charge in [0.1, 0.15) is 5.60 Å². The van der Waals surface area contributed by atoms with E-state index in [-0.39, 0.29) is 10.5 Å². The second-order valence-corrected chi connectivity index (χ2v) is 23.3. The van der Waals surface area contributed by atoms with E-state index in [0.29, 0.717) is 36.4 Å². The molecule has 4 aliphatic rings. The Morgan fingerprint density at radius 2 is 1.41 bits per heavy atom. The lowest BCUT2D eigenvalue weighted by Crippen LogP contribution is -2.55. The fourth-order valence-electron chi connectivity index (χ4n) is 9.67. The first kappa shape index (κ1) is 37.2. The van der Waals surface area contributed by atoms with E-state index in [1.807, 2.05) is 20.8 Å². The topological polar surface area (TPSA) is 80.7 Å². The van der Waals surface area contributed by atoms with Gasteiger partial charge in [0.2, 0.25) is 0 Å². The van der Waals surface area contributed by atoms with Crippen molar-refractivity contribution in [3.8, 4) is 0 Å². The number of fused-ring (bicyclic) bond motifs is 5. The molecular formula is C37H67N3O5Si. The lowest BCUT2D eigenvalue weighted by atomic mass is 9.44. The van der Waals surface area contributed by atoms with Crippen LogP contribution in [0.1, 0.15) is 120 Å². The average molecular weight is 662 g/mol. The fraction of sp³-hybridized carbons (Fsp3) is 0.919. The highest BCUT2D eigenvalue weighted by Crippen LogP contribution is 2.67. The zero-order chi connectivity index (χ0) is 34.5. The second-order valence-electron chi connectivity index (χ2n) is 18.5. The van der Waals surface area contributed by atoms with Crippen LogP contribution in [0.5, 0.6) is 0 Å². The maximum Gasteiger partial charge on any atom is 0.435 e. The predicted octanol–water partition coefficient (Wildman–Crippen LogP) is 9.35. The molecule has 9 heteroatoms. The van der Waals surface area contributed by atoms with E-state index in [2.05, 4.69) is 59.8 Å². The number of hydrogen-bond donors (Lipinski definition) is 0. The first-order chi connectivity index (χ1) is 21.1. The molecule has 0 aromatic carbocycles. The van der Waals surface area contributed by atoms with Gasteiger partial charge < -0.3 is 19.0 Å². The molecule has 0 radical (unpaired) electrons. The van der Waals surface area contributed by atoms with Gasteiger partial charge in [0.05, 0.1) is 5.71 Å². The van der Waals surface area contributed by atoms with Gasteiger partial charge in [-0.05, 0) is 138 Å². The number of ether oxygens (including phenoxy) is 1. The van der Waals surface area contributed by atoms with Gasteiger partial charge in [-0.1, -0.05) is 39.8 Å². The van der Waals surface area contributed by atoms with E-state index >= 15 is 0 Å². The van der Waals surface area contributed by atoms with Crippen LogP contribution in [0.4, 0.5) is 9.59 Å². The SMILES string of the molecule is C/C(=N\OC(=O)N(C)CCN(C)C(=O)OC(C)(C)C)[C@H]1CC[C@H]2[C@@H]3CCC4C[C@H](O[Si](C)(C)C(C)(C)C)CC[C@]4(C)[C@H]3CC[C@]12C. The van der Waals surface area contributed by atoms with Crippen molar-refractivity contribution in [1.82, 2.24) is 9.80 Å². The van der Waals surface area contributed by atoms with Crippen molar-refractivity contribution < 1.29 is 23.6 Å². The van der Waals surface area contributed by atoms with Gasteiger partial charge in [0.25, 0.3) is 0 Å². The highest BCUT2D eigenvalue weighted by atomic mass is 28.4. The van der Waals surface area contributed by atoms with Crippen LogP contribution in [0.2, 0.25) is 18.1 Å². The van der Waals surface area contributed by atoms with Gasteiger partial charge in [-0.3, -0.25) is 4.84 Å². The van der Waals surface area contributed by atoms with Crippen LogP contribution in [0.15, 0.2) is 5.16 Å². The molecule has 8 nitrogen and oxygen atoms in total. The van der Waals surface area contributed by atoms with Crippen molar-refractivity contribution in [2.24, 2.45) is 45.6 Å². The van der Waals surface area contributed by atoms with E-state index in [1.165, 1.54) is 61.2 Å². The molecular weight excluding hydrogens is 595 g/mol. The maximum atomic E-state index is 12.8. The highest BCUT2D eigenvalue weighted by molar-refractivity contribution is 6.74. The number of amides is 2. The molecule has 0 aliphatic heterocycles. The molecule has 1 unspecified atom stereocenters. The van der Waals surface area contributed by atoms with Gasteiger partial charge >= 0.3 is 12.2 Å². The summed E-state index contributed by atoms with van der Waals surface area (Å²) in [5.41, 5.74) is 1.01. The first-order valence-corrected chi connectivity index (χ1v) is 21.1. The molecule has 0 aromatic rings. The molecule has 0 N–H and O–H groups in total. The van der Waals surface area contributed by atoms with Crippen LogP contribution in [-0.4, -0.2) is 74.9 Å². The lowest BCUT2D eigenvalue weighted by Gasteiger charge is -2.61. The Labute approximate surface area is 281 Å². The molecule has 4 saturated carbocycles. The first-order valence-electron chi connectivity index (χ1n) is 18.2. The van der Waals surface area contributed by atoms with Crippen LogP contribution in [0, 0.1) is 40.4 Å². The van der Waals surface area contributed by atoms with E-state index in [1.54, 1.807) is 14.1 Å². The average Bonchev–Trinajstić information content (AvgIpc) is 3.30. The van der Waals surface area contributed by atoms with Gasteiger partial charge in [0.15, 0.2) is 8.32 Å². The van der Waals surface area contributed by atoms with Gasteiger partial charge in [-0.25, -0.2) is 9.59 Å². The maximum absolute atomic E-state index is 12.8. The van der Waals surface area contributed by atoms with Crippen molar-refractivity contribution in [2.45, 2.75) is 150 Å². The molecule has 0 saturated heterocycles. The molecule has 46 heavy (non-hydrogen) atoms. The summed E-state index contributed by atoms with van der Waals surface area (Å²) in [4.78, 5) is 33.5. The number of nitrogens with zero attached hydrogens (tertiary/aromatic N) is 3. The molecule has 0 aromatic heterocycles. The molecule has 4 aliphatic carbocycles. The van der Waals surface area contributed by atoms with E-state index < -0.39 is 26.1 Å². The van der Waals surface area contributed by atoms with Crippen LogP contribution in [0.3, 0.4) is 0 Å². The summed E-state index contributed by atoms with van der Waals surface area (Å²) < 4.78 is 12.4. The number of carbonyl (C=O) groups is 2. The molecule has 4 fully saturated rings. The second kappa shape index (κ2) is 13.4. The van der Waals surface area contributed by atoms with Crippen molar-refractivity contribution in [3.63, 3.8) is 0 Å². The number of carbonyl (C=O) groups excluding carboxylic acids is 2. The number of rotatable bonds is 7. The minimum Gasteiger partial charge on any atom is -0.444 e. The molecule has 2 amide bonds. The highest BCUT2D eigenvalue weighted by Gasteiger charge is 2.61. The Kier molecular flexibility index (Phi) is 10.8. The van der Waals surface area contributed by atoms with Gasteiger partial charge in [-0.2, -0.15) is 0 Å². The minimum absolute atomic E-state index is 0.203. The quantitative estimate of drug-likeness (QED) is 0.118. The normalized spacial score (nSPS) is 35.0. The molecule has 264 valence electrons. The summed E-state index contributed by atoms with van der Waals surface area (Å²) in [5.74, 6) is 3.42. The Morgan fingerprint density at radius 1 is 0.826 bits per heavy atom. The molecule has 4 rings (SSSR count). The summed E-state index contributed by atoms with van der Waals surface area (Å²) in [6, 6.07) is 0. The molecule has 0 bridgehead atoms. The molecule has 8 atom stereocenters.